The molecule has 0 saturated carbocycles. The summed E-state index contributed by atoms with van der Waals surface area (Å²) in [6.07, 6.45) is 0. The van der Waals surface area contributed by atoms with Gasteiger partial charge in [0.1, 0.15) is 9.79 Å². The predicted molar refractivity (Wildman–Crippen MR) is 180 cm³/mol. The second kappa shape index (κ2) is 15.6. The molecule has 0 aliphatic carbocycles. The minimum Gasteiger partial charge on any atom is -0.871 e. The summed E-state index contributed by atoms with van der Waals surface area (Å²) in [5.41, 5.74) is 12.2. The predicted octanol–water partition coefficient (Wildman–Crippen LogP) is 0.380. The fourth-order valence-corrected chi connectivity index (χ4v) is 6.28. The van der Waals surface area contributed by atoms with E-state index in [2.05, 4.69) is 25.8 Å². The molecule has 0 aliphatic rings. The van der Waals surface area contributed by atoms with Gasteiger partial charge < -0.3 is 27.0 Å². The molecule has 19 heteroatoms. The molecule has 0 aliphatic heterocycles. The molecule has 0 aromatic heterocycles. The van der Waals surface area contributed by atoms with Crippen LogP contribution in [0, 0.1) is 0 Å². The van der Waals surface area contributed by atoms with Gasteiger partial charge in [-0.05, 0) is 94.3 Å². The Bertz CT molecular complexity index is 2430. The number of hydrogen-bond donors (Lipinski definition) is 5. The topological polar surface area (TPSA) is 268 Å². The standard InChI is InChI=1S/C32H25N7O8S2.2Na/c33-19-3-1-5-23(15-19)36-38-29-27(48(42,43)44)13-17-11-21(7-9-25(17)31(29)40)35-22-8-10-26-18(12-22)14-28(49(45,46)47)30(32(26)41)39-37-24-6-2-4-20(34)16-24;;/h1-16,35,40-41H,33-34H2,(H,42,43,44)(H,45,46,47);;/q;2*+1/p-2. The molecule has 0 amide bonds. The molecule has 0 fully saturated rings. The molecule has 0 heterocycles. The monoisotopic (exact) mass is 743 g/mol. The molecule has 6 aromatic rings. The van der Waals surface area contributed by atoms with Crippen molar-refractivity contribution >= 4 is 87.3 Å². The summed E-state index contributed by atoms with van der Waals surface area (Å²) in [6.45, 7) is 0. The maximum absolute atomic E-state index is 13.3. The smallest absolute Gasteiger partial charge is 0.871 e. The third-order valence-corrected chi connectivity index (χ3v) is 8.91. The van der Waals surface area contributed by atoms with E-state index < -0.39 is 52.9 Å². The van der Waals surface area contributed by atoms with Crippen molar-refractivity contribution in [2.75, 3.05) is 16.8 Å². The van der Waals surface area contributed by atoms with Crippen LogP contribution in [-0.4, -0.2) is 25.9 Å². The van der Waals surface area contributed by atoms with Crippen LogP contribution in [-0.2, 0) is 20.2 Å². The Balaban J connectivity index is 0.00000292. The number of anilines is 4. The van der Waals surface area contributed by atoms with E-state index in [0.717, 1.165) is 12.1 Å². The molecule has 0 unspecified atom stereocenters. The molecule has 7 N–H and O–H groups in total. The van der Waals surface area contributed by atoms with Crippen molar-refractivity contribution in [2.45, 2.75) is 9.79 Å². The number of azo groups is 2. The van der Waals surface area contributed by atoms with Crippen molar-refractivity contribution in [3.8, 4) is 11.5 Å². The van der Waals surface area contributed by atoms with Crippen LogP contribution in [0.5, 0.6) is 11.5 Å². The second-order valence-corrected chi connectivity index (χ2v) is 13.4. The van der Waals surface area contributed by atoms with Crippen molar-refractivity contribution in [2.24, 2.45) is 20.5 Å². The molecule has 0 spiro atoms. The molecular formula is C32H23N7Na2O8S2. The van der Waals surface area contributed by atoms with Crippen LogP contribution in [0.4, 0.5) is 45.5 Å². The van der Waals surface area contributed by atoms with E-state index in [1.807, 2.05) is 0 Å². The first-order valence-corrected chi connectivity index (χ1v) is 16.9. The minimum absolute atomic E-state index is 0. The van der Waals surface area contributed by atoms with Crippen LogP contribution in [0.15, 0.2) is 127 Å². The van der Waals surface area contributed by atoms with E-state index in [1.165, 1.54) is 60.7 Å². The largest absolute Gasteiger partial charge is 1.00 e. The van der Waals surface area contributed by atoms with Gasteiger partial charge in [-0.3, -0.25) is 9.11 Å². The van der Waals surface area contributed by atoms with Gasteiger partial charge in [0, 0.05) is 22.7 Å². The average Bonchev–Trinajstić information content (AvgIpc) is 3.03. The fourth-order valence-electron chi connectivity index (χ4n) is 4.97. The molecule has 0 atom stereocenters. The molecule has 0 saturated heterocycles. The van der Waals surface area contributed by atoms with Crippen molar-refractivity contribution in [3.63, 3.8) is 0 Å². The van der Waals surface area contributed by atoms with Gasteiger partial charge in [-0.15, -0.1) is 10.2 Å². The van der Waals surface area contributed by atoms with E-state index in [1.54, 1.807) is 24.3 Å². The zero-order chi connectivity index (χ0) is 35.1. The van der Waals surface area contributed by atoms with Gasteiger partial charge >= 0.3 is 59.1 Å². The molecular weight excluding hydrogens is 721 g/mol. The summed E-state index contributed by atoms with van der Waals surface area (Å²) in [4.78, 5) is -1.52. The van der Waals surface area contributed by atoms with Gasteiger partial charge in [0.25, 0.3) is 20.2 Å². The summed E-state index contributed by atoms with van der Waals surface area (Å²) in [7, 11) is -9.84. The Morgan fingerprint density at radius 1 is 0.549 bits per heavy atom. The van der Waals surface area contributed by atoms with Gasteiger partial charge in [-0.25, -0.2) is 0 Å². The van der Waals surface area contributed by atoms with Crippen LogP contribution in [0.2, 0.25) is 0 Å². The van der Waals surface area contributed by atoms with E-state index in [0.29, 0.717) is 22.7 Å². The van der Waals surface area contributed by atoms with Gasteiger partial charge in [-0.1, -0.05) is 35.8 Å². The normalized spacial score (nSPS) is 11.9. The maximum atomic E-state index is 13.3. The number of nitrogens with two attached hydrogens (primary N) is 2. The number of benzene rings is 6. The fraction of sp³-hybridized carbons (Fsp3) is 0. The average molecular weight is 744 g/mol. The first kappa shape index (κ1) is 39.6. The Hall–Kier alpha value is -4.14. The zero-order valence-electron chi connectivity index (χ0n) is 26.8. The molecule has 248 valence electrons. The number of fused-ring (bicyclic) bond motifs is 2. The summed E-state index contributed by atoms with van der Waals surface area (Å²) >= 11 is 0. The zero-order valence-corrected chi connectivity index (χ0v) is 32.5. The molecule has 6 rings (SSSR count). The first-order chi connectivity index (χ1) is 23.2. The van der Waals surface area contributed by atoms with Crippen molar-refractivity contribution in [1.82, 2.24) is 0 Å². The third kappa shape index (κ3) is 8.85. The second-order valence-electron chi connectivity index (χ2n) is 10.6. The third-order valence-electron chi connectivity index (χ3n) is 7.18. The van der Waals surface area contributed by atoms with Crippen LogP contribution < -0.4 is 86.1 Å². The summed E-state index contributed by atoms with van der Waals surface area (Å²) < 4.78 is 68.9. The first-order valence-electron chi connectivity index (χ1n) is 14.0. The Morgan fingerprint density at radius 3 is 1.29 bits per heavy atom. The molecule has 6 aromatic carbocycles. The van der Waals surface area contributed by atoms with Gasteiger partial charge in [0.15, 0.2) is 0 Å². The van der Waals surface area contributed by atoms with Crippen molar-refractivity contribution in [3.05, 3.63) is 97.1 Å². The molecule has 0 radical (unpaired) electrons. The number of nitrogens with zero attached hydrogens (tertiary/aromatic N) is 4. The van der Waals surface area contributed by atoms with Gasteiger partial charge in [0.2, 0.25) is 0 Å². The number of rotatable bonds is 8. The van der Waals surface area contributed by atoms with Crippen LogP contribution in [0.25, 0.3) is 21.5 Å². The van der Waals surface area contributed by atoms with E-state index in [4.69, 9.17) is 11.5 Å². The number of hydrogen-bond acceptors (Lipinski definition) is 13. The Kier molecular flexibility index (Phi) is 12.1. The summed E-state index contributed by atoms with van der Waals surface area (Å²) in [5, 5.41) is 45.6. The summed E-state index contributed by atoms with van der Waals surface area (Å²) in [5.74, 6) is -1.61. The minimum atomic E-state index is -4.92. The van der Waals surface area contributed by atoms with E-state index >= 15 is 0 Å². The molecule has 15 nitrogen and oxygen atoms in total. The van der Waals surface area contributed by atoms with Crippen LogP contribution in [0.1, 0.15) is 0 Å². The molecule has 0 bridgehead atoms. The van der Waals surface area contributed by atoms with Crippen LogP contribution >= 0.6 is 0 Å². The SMILES string of the molecule is Nc1cccc(N=Nc2c(S(=O)(=O)O)cc3cc(Nc4ccc5c([O-])c(N=Nc6cccc(N)c6)c(S(=O)(=O)O)cc5c4)ccc3c2[O-])c1.[Na+].[Na+]. The quantitative estimate of drug-likeness (QED) is 0.0616. The maximum Gasteiger partial charge on any atom is 1.00 e. The Morgan fingerprint density at radius 2 is 0.941 bits per heavy atom. The van der Waals surface area contributed by atoms with Gasteiger partial charge in [-0.2, -0.15) is 27.1 Å². The van der Waals surface area contributed by atoms with Gasteiger partial charge in [0.05, 0.1) is 22.7 Å². The number of nitrogens with one attached hydrogen (secondary N) is 1. The van der Waals surface area contributed by atoms with Crippen molar-refractivity contribution < 1.29 is 95.3 Å². The molecule has 51 heavy (non-hydrogen) atoms. The van der Waals surface area contributed by atoms with Crippen LogP contribution in [0.3, 0.4) is 0 Å². The number of nitrogen functional groups attached to an aromatic ring is 2. The van der Waals surface area contributed by atoms with E-state index in [9.17, 15) is 36.2 Å². The van der Waals surface area contributed by atoms with Crippen molar-refractivity contribution in [1.29, 1.82) is 0 Å². The van der Waals surface area contributed by atoms with E-state index in [-0.39, 0.29) is 92.0 Å². The summed E-state index contributed by atoms with van der Waals surface area (Å²) in [6, 6.07) is 23.3. The Labute approximate surface area is 335 Å².